The van der Waals surface area contributed by atoms with Gasteiger partial charge in [-0.15, -0.1) is 0 Å². The zero-order chi connectivity index (χ0) is 16.8. The standard InChI is InChI=1S/C16H27N5O2/c1-5-20(6-2)16(22)21-11-7-8-13(12-21)23-15-14(19(3)4)17-9-10-18-15/h9-10,13H,5-8,11-12H2,1-4H3. The van der Waals surface area contributed by atoms with Crippen molar-refractivity contribution in [1.82, 2.24) is 19.8 Å². The van der Waals surface area contributed by atoms with Crippen LogP contribution in [0.25, 0.3) is 0 Å². The number of nitrogens with zero attached hydrogens (tertiary/aromatic N) is 5. The maximum absolute atomic E-state index is 12.5. The van der Waals surface area contributed by atoms with Crippen LogP contribution in [0.5, 0.6) is 5.88 Å². The first-order chi connectivity index (χ1) is 11.1. The monoisotopic (exact) mass is 321 g/mol. The topological polar surface area (TPSA) is 61.8 Å². The molecule has 1 aliphatic rings. The van der Waals surface area contributed by atoms with E-state index in [9.17, 15) is 4.79 Å². The second-order valence-corrected chi connectivity index (χ2v) is 5.86. The molecule has 2 heterocycles. The van der Waals surface area contributed by atoms with Gasteiger partial charge in [-0.25, -0.2) is 14.8 Å². The third-order valence-corrected chi connectivity index (χ3v) is 4.03. The van der Waals surface area contributed by atoms with E-state index in [1.807, 2.05) is 42.6 Å². The number of likely N-dealkylation sites (tertiary alicyclic amines) is 1. The minimum atomic E-state index is -0.0429. The van der Waals surface area contributed by atoms with Crippen LogP contribution in [-0.4, -0.2) is 72.2 Å². The summed E-state index contributed by atoms with van der Waals surface area (Å²) in [6, 6.07) is 0.0929. The van der Waals surface area contributed by atoms with E-state index >= 15 is 0 Å². The second kappa shape index (κ2) is 7.99. The van der Waals surface area contributed by atoms with E-state index in [1.165, 1.54) is 0 Å². The molecule has 0 radical (unpaired) electrons. The molecule has 2 rings (SSSR count). The molecule has 128 valence electrons. The van der Waals surface area contributed by atoms with Gasteiger partial charge in [0.2, 0.25) is 0 Å². The molecule has 2 amide bonds. The second-order valence-electron chi connectivity index (χ2n) is 5.86. The SMILES string of the molecule is CCN(CC)C(=O)N1CCCC(Oc2nccnc2N(C)C)C1. The summed E-state index contributed by atoms with van der Waals surface area (Å²) < 4.78 is 6.05. The maximum Gasteiger partial charge on any atom is 0.320 e. The number of anilines is 1. The molecular formula is C16H27N5O2. The molecule has 1 unspecified atom stereocenters. The van der Waals surface area contributed by atoms with E-state index in [4.69, 9.17) is 4.74 Å². The number of urea groups is 1. The summed E-state index contributed by atoms with van der Waals surface area (Å²) in [7, 11) is 3.82. The van der Waals surface area contributed by atoms with Crippen molar-refractivity contribution in [2.75, 3.05) is 45.2 Å². The highest BCUT2D eigenvalue weighted by molar-refractivity contribution is 5.74. The molecule has 7 heteroatoms. The highest BCUT2D eigenvalue weighted by Gasteiger charge is 2.28. The van der Waals surface area contributed by atoms with Crippen molar-refractivity contribution in [1.29, 1.82) is 0 Å². The van der Waals surface area contributed by atoms with E-state index < -0.39 is 0 Å². The van der Waals surface area contributed by atoms with Crippen LogP contribution in [0, 0.1) is 0 Å². The molecule has 0 N–H and O–H groups in total. The average Bonchev–Trinajstić information content (AvgIpc) is 2.56. The number of hydrogen-bond donors (Lipinski definition) is 0. The summed E-state index contributed by atoms with van der Waals surface area (Å²) in [5, 5.41) is 0. The summed E-state index contributed by atoms with van der Waals surface area (Å²) in [6.45, 7) is 6.85. The quantitative estimate of drug-likeness (QED) is 0.828. The molecular weight excluding hydrogens is 294 g/mol. The molecule has 0 spiro atoms. The molecule has 23 heavy (non-hydrogen) atoms. The lowest BCUT2D eigenvalue weighted by Gasteiger charge is -2.35. The minimum absolute atomic E-state index is 0.0429. The number of aromatic nitrogens is 2. The van der Waals surface area contributed by atoms with Crippen molar-refractivity contribution in [2.24, 2.45) is 0 Å². The largest absolute Gasteiger partial charge is 0.470 e. The highest BCUT2D eigenvalue weighted by Crippen LogP contribution is 2.24. The molecule has 0 bridgehead atoms. The lowest BCUT2D eigenvalue weighted by atomic mass is 10.1. The predicted molar refractivity (Wildman–Crippen MR) is 89.9 cm³/mol. The Balaban J connectivity index is 2.03. The van der Waals surface area contributed by atoms with Crippen LogP contribution in [0.3, 0.4) is 0 Å². The molecule has 1 aromatic heterocycles. The average molecular weight is 321 g/mol. The molecule has 7 nitrogen and oxygen atoms in total. The number of ether oxygens (including phenoxy) is 1. The van der Waals surface area contributed by atoms with Crippen molar-refractivity contribution < 1.29 is 9.53 Å². The third-order valence-electron chi connectivity index (χ3n) is 4.03. The van der Waals surface area contributed by atoms with Gasteiger partial charge in [-0.3, -0.25) is 0 Å². The van der Waals surface area contributed by atoms with Crippen LogP contribution in [0.15, 0.2) is 12.4 Å². The lowest BCUT2D eigenvalue weighted by Crippen LogP contribution is -2.50. The normalized spacial score (nSPS) is 17.7. The van der Waals surface area contributed by atoms with Crippen molar-refractivity contribution >= 4 is 11.8 Å². The maximum atomic E-state index is 12.5. The third kappa shape index (κ3) is 4.24. The molecule has 0 aliphatic carbocycles. The van der Waals surface area contributed by atoms with Crippen LogP contribution in [0.4, 0.5) is 10.6 Å². The Hall–Kier alpha value is -2.05. The predicted octanol–water partition coefficient (Wildman–Crippen LogP) is 1.85. The van der Waals surface area contributed by atoms with Crippen LogP contribution in [-0.2, 0) is 0 Å². The van der Waals surface area contributed by atoms with E-state index in [2.05, 4.69) is 9.97 Å². The molecule has 1 aromatic rings. The van der Waals surface area contributed by atoms with Gasteiger partial charge in [-0.1, -0.05) is 0 Å². The smallest absolute Gasteiger partial charge is 0.320 e. The van der Waals surface area contributed by atoms with Crippen LogP contribution in [0.1, 0.15) is 26.7 Å². The van der Waals surface area contributed by atoms with Gasteiger partial charge >= 0.3 is 6.03 Å². The molecule has 0 saturated carbocycles. The molecule has 1 fully saturated rings. The summed E-state index contributed by atoms with van der Waals surface area (Å²) >= 11 is 0. The zero-order valence-electron chi connectivity index (χ0n) is 14.5. The minimum Gasteiger partial charge on any atom is -0.470 e. The molecule has 0 aromatic carbocycles. The number of piperidine rings is 1. The van der Waals surface area contributed by atoms with Crippen molar-refractivity contribution in [3.8, 4) is 5.88 Å². The van der Waals surface area contributed by atoms with Gasteiger partial charge in [-0.05, 0) is 26.7 Å². The summed E-state index contributed by atoms with van der Waals surface area (Å²) in [4.78, 5) is 26.7. The van der Waals surface area contributed by atoms with Crippen molar-refractivity contribution in [3.63, 3.8) is 0 Å². The van der Waals surface area contributed by atoms with Crippen LogP contribution in [0.2, 0.25) is 0 Å². The first kappa shape index (κ1) is 17.3. The Morgan fingerprint density at radius 3 is 2.65 bits per heavy atom. The Kier molecular flexibility index (Phi) is 6.01. The summed E-state index contributed by atoms with van der Waals surface area (Å²) in [6.07, 6.45) is 5.10. The van der Waals surface area contributed by atoms with E-state index in [0.29, 0.717) is 18.2 Å². The van der Waals surface area contributed by atoms with E-state index in [0.717, 1.165) is 32.5 Å². The van der Waals surface area contributed by atoms with Gasteiger partial charge in [0.1, 0.15) is 6.10 Å². The first-order valence-electron chi connectivity index (χ1n) is 8.25. The number of carbonyl (C=O) groups excluding carboxylic acids is 1. The number of amides is 2. The Bertz CT molecular complexity index is 519. The lowest BCUT2D eigenvalue weighted by molar-refractivity contribution is 0.0837. The summed E-state index contributed by atoms with van der Waals surface area (Å²) in [5.41, 5.74) is 0. The Labute approximate surface area is 138 Å². The number of carbonyl (C=O) groups is 1. The van der Waals surface area contributed by atoms with Crippen LogP contribution >= 0.6 is 0 Å². The first-order valence-corrected chi connectivity index (χ1v) is 8.25. The fourth-order valence-electron chi connectivity index (χ4n) is 2.77. The molecule has 1 aliphatic heterocycles. The molecule has 1 atom stereocenters. The zero-order valence-corrected chi connectivity index (χ0v) is 14.5. The van der Waals surface area contributed by atoms with Crippen molar-refractivity contribution in [2.45, 2.75) is 32.8 Å². The van der Waals surface area contributed by atoms with E-state index in [-0.39, 0.29) is 12.1 Å². The van der Waals surface area contributed by atoms with Gasteiger partial charge in [0.05, 0.1) is 6.54 Å². The summed E-state index contributed by atoms with van der Waals surface area (Å²) in [5.74, 6) is 1.24. The van der Waals surface area contributed by atoms with E-state index in [1.54, 1.807) is 12.4 Å². The Morgan fingerprint density at radius 2 is 2.00 bits per heavy atom. The highest BCUT2D eigenvalue weighted by atomic mass is 16.5. The number of hydrogen-bond acceptors (Lipinski definition) is 5. The van der Waals surface area contributed by atoms with Crippen LogP contribution < -0.4 is 9.64 Å². The fraction of sp³-hybridized carbons (Fsp3) is 0.688. The van der Waals surface area contributed by atoms with Gasteiger partial charge in [0, 0.05) is 46.1 Å². The van der Waals surface area contributed by atoms with Gasteiger partial charge < -0.3 is 19.4 Å². The van der Waals surface area contributed by atoms with Crippen molar-refractivity contribution in [3.05, 3.63) is 12.4 Å². The number of rotatable bonds is 5. The molecule has 1 saturated heterocycles. The van der Waals surface area contributed by atoms with Gasteiger partial charge in [0.15, 0.2) is 5.82 Å². The van der Waals surface area contributed by atoms with Gasteiger partial charge in [-0.2, -0.15) is 0 Å². The fourth-order valence-corrected chi connectivity index (χ4v) is 2.77. The Morgan fingerprint density at radius 1 is 1.30 bits per heavy atom. The van der Waals surface area contributed by atoms with Gasteiger partial charge in [0.25, 0.3) is 5.88 Å².